The van der Waals surface area contributed by atoms with Crippen LogP contribution in [0.5, 0.6) is 0 Å². The normalized spacial score (nSPS) is 21.0. The van der Waals surface area contributed by atoms with Crippen LogP contribution in [0.2, 0.25) is 0 Å². The average molecular weight is 297 g/mol. The third-order valence-electron chi connectivity index (χ3n) is 4.00. The fourth-order valence-corrected chi connectivity index (χ4v) is 2.82. The Morgan fingerprint density at radius 2 is 2.05 bits per heavy atom. The molecule has 116 valence electrons. The number of aromatic nitrogens is 2. The van der Waals surface area contributed by atoms with E-state index in [1.54, 1.807) is 0 Å². The second-order valence-electron chi connectivity index (χ2n) is 5.88. The summed E-state index contributed by atoms with van der Waals surface area (Å²) in [6.45, 7) is 3.03. The lowest BCUT2D eigenvalue weighted by Gasteiger charge is -2.12. The molecule has 4 nitrogen and oxygen atoms in total. The van der Waals surface area contributed by atoms with Crippen LogP contribution in [0.25, 0.3) is 0 Å². The van der Waals surface area contributed by atoms with Gasteiger partial charge in [-0.3, -0.25) is 0 Å². The number of hydrogen-bond donors (Lipinski definition) is 1. The Morgan fingerprint density at radius 1 is 1.18 bits per heavy atom. The van der Waals surface area contributed by atoms with Gasteiger partial charge < -0.3 is 10.1 Å². The molecule has 1 N–H and O–H groups in total. The monoisotopic (exact) mass is 297 g/mol. The van der Waals surface area contributed by atoms with Crippen LogP contribution >= 0.6 is 0 Å². The van der Waals surface area contributed by atoms with Crippen LogP contribution in [-0.4, -0.2) is 28.7 Å². The Hall–Kier alpha value is -1.94. The Labute approximate surface area is 132 Å². The van der Waals surface area contributed by atoms with Crippen molar-refractivity contribution in [1.82, 2.24) is 9.97 Å². The smallest absolute Gasteiger partial charge is 0.135 e. The number of nitrogens with zero attached hydrogens (tertiary/aromatic N) is 2. The number of anilines is 1. The van der Waals surface area contributed by atoms with Crippen LogP contribution in [0.15, 0.2) is 42.6 Å². The van der Waals surface area contributed by atoms with E-state index in [4.69, 9.17) is 4.74 Å². The zero-order valence-corrected chi connectivity index (χ0v) is 13.0. The van der Waals surface area contributed by atoms with Gasteiger partial charge in [0.15, 0.2) is 0 Å². The lowest BCUT2D eigenvalue weighted by Crippen LogP contribution is -2.14. The molecule has 0 saturated carbocycles. The maximum Gasteiger partial charge on any atom is 0.135 e. The van der Waals surface area contributed by atoms with Gasteiger partial charge in [0.2, 0.25) is 0 Å². The van der Waals surface area contributed by atoms with Gasteiger partial charge in [-0.1, -0.05) is 30.3 Å². The predicted octanol–water partition coefficient (Wildman–Crippen LogP) is 3.44. The lowest BCUT2D eigenvalue weighted by atomic mass is 10.1. The number of benzene rings is 1. The summed E-state index contributed by atoms with van der Waals surface area (Å²) >= 11 is 0. The topological polar surface area (TPSA) is 47.0 Å². The van der Waals surface area contributed by atoms with Crippen molar-refractivity contribution in [2.45, 2.75) is 44.8 Å². The van der Waals surface area contributed by atoms with Crippen molar-refractivity contribution < 1.29 is 4.74 Å². The predicted molar refractivity (Wildman–Crippen MR) is 88.0 cm³/mol. The summed E-state index contributed by atoms with van der Waals surface area (Å²) in [5.74, 6) is 1.74. The summed E-state index contributed by atoms with van der Waals surface area (Å²) in [5, 5.41) is 3.38. The first-order chi connectivity index (χ1) is 10.8. The lowest BCUT2D eigenvalue weighted by molar-refractivity contribution is 0.0531. The van der Waals surface area contributed by atoms with Gasteiger partial charge in [0, 0.05) is 19.2 Å². The first-order valence-corrected chi connectivity index (χ1v) is 8.05. The van der Waals surface area contributed by atoms with Crippen LogP contribution in [0, 0.1) is 0 Å². The summed E-state index contributed by atoms with van der Waals surface area (Å²) in [4.78, 5) is 8.94. The molecule has 0 aliphatic carbocycles. The first-order valence-electron chi connectivity index (χ1n) is 8.05. The van der Waals surface area contributed by atoms with Crippen molar-refractivity contribution in [1.29, 1.82) is 0 Å². The molecule has 2 atom stereocenters. The molecule has 1 aromatic heterocycles. The van der Waals surface area contributed by atoms with Gasteiger partial charge in [0.1, 0.15) is 11.6 Å². The van der Waals surface area contributed by atoms with E-state index in [9.17, 15) is 0 Å². The third-order valence-corrected chi connectivity index (χ3v) is 4.00. The van der Waals surface area contributed by atoms with Crippen molar-refractivity contribution in [3.8, 4) is 0 Å². The fourth-order valence-electron chi connectivity index (χ4n) is 2.82. The van der Waals surface area contributed by atoms with Crippen LogP contribution in [0.4, 0.5) is 5.82 Å². The molecule has 0 amide bonds. The molecule has 4 heteroatoms. The van der Waals surface area contributed by atoms with Crippen molar-refractivity contribution in [2.24, 2.45) is 0 Å². The molecule has 3 rings (SSSR count). The zero-order valence-electron chi connectivity index (χ0n) is 13.0. The second kappa shape index (κ2) is 7.36. The number of ether oxygens (including phenoxy) is 1. The van der Waals surface area contributed by atoms with Gasteiger partial charge in [-0.2, -0.15) is 0 Å². The van der Waals surface area contributed by atoms with E-state index in [-0.39, 0.29) is 0 Å². The minimum absolute atomic E-state index is 0.396. The molecule has 1 fully saturated rings. The Balaban J connectivity index is 1.50. The summed E-state index contributed by atoms with van der Waals surface area (Å²) in [7, 11) is 0. The molecule has 0 bridgehead atoms. The maximum absolute atomic E-state index is 5.83. The molecule has 2 unspecified atom stereocenters. The molecule has 22 heavy (non-hydrogen) atoms. The van der Waals surface area contributed by atoms with E-state index in [0.29, 0.717) is 12.2 Å². The maximum atomic E-state index is 5.83. The van der Waals surface area contributed by atoms with Gasteiger partial charge in [-0.25, -0.2) is 9.97 Å². The van der Waals surface area contributed by atoms with Crippen molar-refractivity contribution in [2.75, 3.05) is 11.9 Å². The first kappa shape index (κ1) is 15.0. The average Bonchev–Trinajstić information content (AvgIpc) is 2.94. The van der Waals surface area contributed by atoms with Crippen LogP contribution in [0.1, 0.15) is 37.6 Å². The summed E-state index contributed by atoms with van der Waals surface area (Å²) in [6, 6.07) is 12.2. The highest BCUT2D eigenvalue weighted by Crippen LogP contribution is 2.21. The molecule has 1 aliphatic rings. The van der Waals surface area contributed by atoms with Gasteiger partial charge >= 0.3 is 0 Å². The highest BCUT2D eigenvalue weighted by molar-refractivity contribution is 5.33. The third kappa shape index (κ3) is 4.28. The molecule has 1 aromatic carbocycles. The minimum atomic E-state index is 0.396. The Kier molecular flexibility index (Phi) is 5.01. The summed E-state index contributed by atoms with van der Waals surface area (Å²) in [5.41, 5.74) is 1.23. The fraction of sp³-hybridized carbons (Fsp3) is 0.444. The van der Waals surface area contributed by atoms with Crippen molar-refractivity contribution in [3.63, 3.8) is 0 Å². The standard InChI is InChI=1S/C18H23N3O/c1-14-7-8-16(22-14)9-11-19-17-10-12-20-18(21-17)13-15-5-3-2-4-6-15/h2-6,10,12,14,16H,7-9,11,13H2,1H3,(H,19,20,21). The SMILES string of the molecule is CC1CCC(CCNc2ccnc(Cc3ccccc3)n2)O1. The Morgan fingerprint density at radius 3 is 2.82 bits per heavy atom. The van der Waals surface area contributed by atoms with Gasteiger partial charge in [0.25, 0.3) is 0 Å². The summed E-state index contributed by atoms with van der Waals surface area (Å²) in [6.07, 6.45) is 6.78. The van der Waals surface area contributed by atoms with E-state index in [2.05, 4.69) is 34.3 Å². The second-order valence-corrected chi connectivity index (χ2v) is 5.88. The van der Waals surface area contributed by atoms with Crippen molar-refractivity contribution >= 4 is 5.82 Å². The van der Waals surface area contributed by atoms with E-state index in [1.165, 1.54) is 18.4 Å². The number of nitrogens with one attached hydrogen (secondary N) is 1. The van der Waals surface area contributed by atoms with Gasteiger partial charge in [-0.15, -0.1) is 0 Å². The number of rotatable bonds is 6. The quantitative estimate of drug-likeness (QED) is 0.887. The molecule has 0 radical (unpaired) electrons. The van der Waals surface area contributed by atoms with Gasteiger partial charge in [0.05, 0.1) is 12.2 Å². The molecule has 2 heterocycles. The summed E-state index contributed by atoms with van der Waals surface area (Å²) < 4.78 is 5.83. The van der Waals surface area contributed by atoms with Crippen molar-refractivity contribution in [3.05, 3.63) is 54.0 Å². The minimum Gasteiger partial charge on any atom is -0.375 e. The van der Waals surface area contributed by atoms with E-state index < -0.39 is 0 Å². The van der Waals surface area contributed by atoms with Gasteiger partial charge in [-0.05, 0) is 37.8 Å². The molecule has 0 spiro atoms. The van der Waals surface area contributed by atoms with E-state index in [1.807, 2.05) is 30.5 Å². The Bertz CT molecular complexity index is 588. The van der Waals surface area contributed by atoms with E-state index >= 15 is 0 Å². The molecule has 2 aromatic rings. The highest BCUT2D eigenvalue weighted by Gasteiger charge is 2.20. The van der Waals surface area contributed by atoms with E-state index in [0.717, 1.165) is 31.0 Å². The van der Waals surface area contributed by atoms with Crippen LogP contribution in [0.3, 0.4) is 0 Å². The molecular weight excluding hydrogens is 274 g/mol. The number of hydrogen-bond acceptors (Lipinski definition) is 4. The van der Waals surface area contributed by atoms with Crippen LogP contribution in [-0.2, 0) is 11.2 Å². The molecule has 1 aliphatic heterocycles. The highest BCUT2D eigenvalue weighted by atomic mass is 16.5. The molecule has 1 saturated heterocycles. The molecular formula is C18H23N3O. The largest absolute Gasteiger partial charge is 0.375 e. The zero-order chi connectivity index (χ0) is 15.2. The van der Waals surface area contributed by atoms with Crippen LogP contribution < -0.4 is 5.32 Å².